The van der Waals surface area contributed by atoms with Crippen molar-refractivity contribution in [1.82, 2.24) is 9.78 Å². The molecule has 7 rings (SSSR count). The topological polar surface area (TPSA) is 34.9 Å². The Morgan fingerprint density at radius 3 is 2.21 bits per heavy atom. The van der Waals surface area contributed by atoms with Gasteiger partial charge in [-0.1, -0.05) is 46.9 Å². The third-order valence-corrected chi connectivity index (χ3v) is 10.3. The molecule has 38 heavy (non-hydrogen) atoms. The highest BCUT2D eigenvalue weighted by Gasteiger charge is 2.47. The van der Waals surface area contributed by atoms with Gasteiger partial charge in [0, 0.05) is 28.5 Å². The molecule has 4 aliphatic carbocycles. The summed E-state index contributed by atoms with van der Waals surface area (Å²) in [4.78, 5) is 13.0. The second-order valence-electron chi connectivity index (χ2n) is 12.0. The van der Waals surface area contributed by atoms with E-state index in [1.807, 2.05) is 41.1 Å². The molecular weight excluding hydrogens is 535 g/mol. The fourth-order valence-electron chi connectivity index (χ4n) is 7.98. The number of hydrogen-bond acceptors (Lipinski definition) is 2. The van der Waals surface area contributed by atoms with Gasteiger partial charge < -0.3 is 0 Å². The first kappa shape index (κ1) is 26.4. The standard InChI is InChI=1S/C32H35Cl3N2O/c1-19-30(11-10-27(38)3-2-4-28-23-14-20-13-21(16-23)17-24(28)15-20)36-37(31-12-9-26(34)18-29(31)35)32(19)22-5-7-25(33)8-6-22/h5-9,12,18,20-21,23-24,28H,2-4,10-11,13-17H2,1H3. The molecule has 1 heterocycles. The molecular formula is C32H35Cl3N2O. The molecule has 3 aromatic rings. The van der Waals surface area contributed by atoms with E-state index in [2.05, 4.69) is 6.92 Å². The van der Waals surface area contributed by atoms with Crippen LogP contribution in [0, 0.1) is 36.5 Å². The first-order chi connectivity index (χ1) is 18.4. The Hall–Kier alpha value is -1.81. The third-order valence-electron chi connectivity index (χ3n) is 9.53. The lowest BCUT2D eigenvalue weighted by atomic mass is 9.51. The zero-order valence-corrected chi connectivity index (χ0v) is 24.2. The van der Waals surface area contributed by atoms with E-state index in [9.17, 15) is 4.79 Å². The van der Waals surface area contributed by atoms with Crippen LogP contribution in [0.5, 0.6) is 0 Å². The number of hydrogen-bond donors (Lipinski definition) is 0. The van der Waals surface area contributed by atoms with E-state index in [1.165, 1.54) is 38.5 Å². The maximum absolute atomic E-state index is 13.0. The molecule has 1 aromatic heterocycles. The number of aryl methyl sites for hydroxylation is 1. The van der Waals surface area contributed by atoms with Crippen LogP contribution in [0.4, 0.5) is 0 Å². The second kappa shape index (κ2) is 11.0. The molecule has 0 spiro atoms. The second-order valence-corrected chi connectivity index (χ2v) is 13.2. The Morgan fingerprint density at radius 2 is 1.55 bits per heavy atom. The van der Waals surface area contributed by atoms with Crippen LogP contribution in [0.25, 0.3) is 16.9 Å². The summed E-state index contributed by atoms with van der Waals surface area (Å²) < 4.78 is 1.88. The van der Waals surface area contributed by atoms with Gasteiger partial charge in [-0.15, -0.1) is 0 Å². The fraction of sp³-hybridized carbons (Fsp3) is 0.500. The lowest BCUT2D eigenvalue weighted by Crippen LogP contribution is -2.45. The number of rotatable bonds is 9. The number of aromatic nitrogens is 2. The van der Waals surface area contributed by atoms with Crippen molar-refractivity contribution >= 4 is 40.6 Å². The van der Waals surface area contributed by atoms with Crippen LogP contribution in [0.1, 0.15) is 69.0 Å². The molecule has 4 bridgehead atoms. The van der Waals surface area contributed by atoms with Crippen molar-refractivity contribution in [1.29, 1.82) is 0 Å². The summed E-state index contributed by atoms with van der Waals surface area (Å²) in [5.41, 5.74) is 4.70. The van der Waals surface area contributed by atoms with E-state index in [-0.39, 0.29) is 0 Å². The molecule has 0 amide bonds. The smallest absolute Gasteiger partial charge is 0.133 e. The van der Waals surface area contributed by atoms with Gasteiger partial charge in [-0.2, -0.15) is 5.10 Å². The monoisotopic (exact) mass is 568 g/mol. The molecule has 4 saturated carbocycles. The Kier molecular flexibility index (Phi) is 7.64. The summed E-state index contributed by atoms with van der Waals surface area (Å²) in [6.07, 6.45) is 11.5. The van der Waals surface area contributed by atoms with Crippen molar-refractivity contribution in [2.24, 2.45) is 29.6 Å². The van der Waals surface area contributed by atoms with E-state index in [0.717, 1.165) is 64.2 Å². The van der Waals surface area contributed by atoms with Crippen LogP contribution in [-0.4, -0.2) is 15.6 Å². The van der Waals surface area contributed by atoms with E-state index in [1.54, 1.807) is 6.07 Å². The van der Waals surface area contributed by atoms with Crippen LogP contribution in [0.3, 0.4) is 0 Å². The van der Waals surface area contributed by atoms with E-state index < -0.39 is 0 Å². The van der Waals surface area contributed by atoms with Gasteiger partial charge in [-0.3, -0.25) is 4.79 Å². The summed E-state index contributed by atoms with van der Waals surface area (Å²) >= 11 is 18.9. The molecule has 0 unspecified atom stereocenters. The number of carbonyl (C=O) groups is 1. The van der Waals surface area contributed by atoms with Gasteiger partial charge in [0.25, 0.3) is 0 Å². The number of benzene rings is 2. The quantitative estimate of drug-likeness (QED) is 0.257. The summed E-state index contributed by atoms with van der Waals surface area (Å²) in [5.74, 6) is 5.13. The zero-order valence-electron chi connectivity index (χ0n) is 21.9. The summed E-state index contributed by atoms with van der Waals surface area (Å²) in [7, 11) is 0. The van der Waals surface area contributed by atoms with Crippen molar-refractivity contribution in [2.45, 2.75) is 71.1 Å². The Labute approximate surface area is 240 Å². The number of Topliss-reactive ketones (excluding diaryl/α,β-unsaturated/α-hetero) is 1. The van der Waals surface area contributed by atoms with Crippen molar-refractivity contribution < 1.29 is 4.79 Å². The van der Waals surface area contributed by atoms with Gasteiger partial charge >= 0.3 is 0 Å². The molecule has 4 aliphatic rings. The van der Waals surface area contributed by atoms with Gasteiger partial charge in [0.05, 0.1) is 22.1 Å². The van der Waals surface area contributed by atoms with E-state index in [4.69, 9.17) is 39.9 Å². The highest BCUT2D eigenvalue weighted by atomic mass is 35.5. The predicted octanol–water partition coefficient (Wildman–Crippen LogP) is 9.55. The Bertz CT molecular complexity index is 1300. The lowest BCUT2D eigenvalue weighted by Gasteiger charge is -2.54. The third kappa shape index (κ3) is 5.31. The summed E-state index contributed by atoms with van der Waals surface area (Å²) in [6.45, 7) is 2.07. The van der Waals surface area contributed by atoms with Crippen molar-refractivity contribution in [3.63, 3.8) is 0 Å². The summed E-state index contributed by atoms with van der Waals surface area (Å²) in [6, 6.07) is 13.2. The minimum Gasteiger partial charge on any atom is -0.300 e. The largest absolute Gasteiger partial charge is 0.300 e. The van der Waals surface area contributed by atoms with Crippen molar-refractivity contribution in [2.75, 3.05) is 0 Å². The molecule has 0 saturated heterocycles. The fourth-order valence-corrected chi connectivity index (χ4v) is 8.59. The number of nitrogens with zero attached hydrogens (tertiary/aromatic N) is 2. The first-order valence-corrected chi connectivity index (χ1v) is 15.3. The number of carbonyl (C=O) groups excluding carboxylic acids is 1. The highest BCUT2D eigenvalue weighted by molar-refractivity contribution is 6.35. The van der Waals surface area contributed by atoms with Gasteiger partial charge in [-0.25, -0.2) is 4.68 Å². The van der Waals surface area contributed by atoms with Gasteiger partial charge in [0.15, 0.2) is 0 Å². The molecule has 2 aromatic carbocycles. The van der Waals surface area contributed by atoms with Crippen LogP contribution in [0.15, 0.2) is 42.5 Å². The van der Waals surface area contributed by atoms with Crippen LogP contribution in [-0.2, 0) is 11.2 Å². The van der Waals surface area contributed by atoms with Gasteiger partial charge in [0.1, 0.15) is 5.78 Å². The van der Waals surface area contributed by atoms with E-state index >= 15 is 0 Å². The number of ketones is 1. The lowest BCUT2D eigenvalue weighted by molar-refractivity contribution is -0.119. The number of halogens is 3. The van der Waals surface area contributed by atoms with E-state index in [0.29, 0.717) is 40.1 Å². The molecule has 6 heteroatoms. The Morgan fingerprint density at radius 1 is 0.895 bits per heavy atom. The Balaban J connectivity index is 1.13. The minimum atomic E-state index is 0.348. The molecule has 4 fully saturated rings. The van der Waals surface area contributed by atoms with Gasteiger partial charge in [0.2, 0.25) is 0 Å². The molecule has 0 aliphatic heterocycles. The average Bonchev–Trinajstić information content (AvgIpc) is 3.20. The molecule has 3 nitrogen and oxygen atoms in total. The molecule has 0 radical (unpaired) electrons. The van der Waals surface area contributed by atoms with Gasteiger partial charge in [-0.05, 0) is 124 Å². The maximum Gasteiger partial charge on any atom is 0.133 e. The molecule has 200 valence electrons. The van der Waals surface area contributed by atoms with Crippen molar-refractivity contribution in [3.8, 4) is 16.9 Å². The minimum absolute atomic E-state index is 0.348. The predicted molar refractivity (Wildman–Crippen MR) is 156 cm³/mol. The van der Waals surface area contributed by atoms with Crippen molar-refractivity contribution in [3.05, 3.63) is 68.8 Å². The van der Waals surface area contributed by atoms with Crippen LogP contribution in [0.2, 0.25) is 15.1 Å². The normalized spacial score (nSPS) is 25.7. The van der Waals surface area contributed by atoms with Crippen LogP contribution >= 0.6 is 34.8 Å². The zero-order chi connectivity index (χ0) is 26.4. The molecule has 0 N–H and O–H groups in total. The molecule has 0 atom stereocenters. The first-order valence-electron chi connectivity index (χ1n) is 14.2. The highest BCUT2D eigenvalue weighted by Crippen LogP contribution is 2.57. The maximum atomic E-state index is 13.0. The summed E-state index contributed by atoms with van der Waals surface area (Å²) in [5, 5.41) is 6.74. The SMILES string of the molecule is Cc1c(CCC(=O)CCCC2C3CC4CC(C3)CC2C4)nn(-c2ccc(Cl)cc2Cl)c1-c1ccc(Cl)cc1. The van der Waals surface area contributed by atoms with Crippen LogP contribution < -0.4 is 0 Å². The average molecular weight is 570 g/mol.